The fourth-order valence-electron chi connectivity index (χ4n) is 2.25. The van der Waals surface area contributed by atoms with Crippen LogP contribution in [-0.2, 0) is 6.54 Å². The minimum atomic E-state index is 0.662. The van der Waals surface area contributed by atoms with E-state index in [1.54, 1.807) is 7.11 Å². The molecule has 0 unspecified atom stereocenters. The number of hydrogen-bond acceptors (Lipinski definition) is 3. The molecule has 19 heavy (non-hydrogen) atoms. The van der Waals surface area contributed by atoms with E-state index in [1.807, 2.05) is 13.0 Å². The van der Waals surface area contributed by atoms with Gasteiger partial charge in [-0.3, -0.25) is 0 Å². The summed E-state index contributed by atoms with van der Waals surface area (Å²) in [4.78, 5) is 0. The molecule has 106 valence electrons. The lowest BCUT2D eigenvalue weighted by Crippen LogP contribution is -2.14. The van der Waals surface area contributed by atoms with Crippen molar-refractivity contribution in [2.45, 2.75) is 39.2 Å². The fourth-order valence-corrected chi connectivity index (χ4v) is 2.25. The van der Waals surface area contributed by atoms with Crippen molar-refractivity contribution in [1.82, 2.24) is 5.32 Å². The minimum Gasteiger partial charge on any atom is -0.493 e. The monoisotopic (exact) mass is 263 g/mol. The van der Waals surface area contributed by atoms with Crippen molar-refractivity contribution in [2.24, 2.45) is 5.92 Å². The van der Waals surface area contributed by atoms with Crippen LogP contribution in [0.2, 0.25) is 0 Å². The number of benzene rings is 1. The first-order valence-electron chi connectivity index (χ1n) is 7.34. The van der Waals surface area contributed by atoms with Crippen molar-refractivity contribution in [1.29, 1.82) is 0 Å². The number of nitrogens with one attached hydrogen (secondary N) is 1. The Labute approximate surface area is 116 Å². The van der Waals surface area contributed by atoms with Crippen LogP contribution in [0.4, 0.5) is 0 Å². The van der Waals surface area contributed by atoms with E-state index in [1.165, 1.54) is 31.2 Å². The van der Waals surface area contributed by atoms with Crippen LogP contribution in [-0.4, -0.2) is 20.3 Å². The van der Waals surface area contributed by atoms with Gasteiger partial charge in [-0.15, -0.1) is 0 Å². The smallest absolute Gasteiger partial charge is 0.161 e. The maximum Gasteiger partial charge on any atom is 0.161 e. The Kier molecular flexibility index (Phi) is 5.52. The average Bonchev–Trinajstić information content (AvgIpc) is 3.24. The molecular formula is C16H25NO2. The topological polar surface area (TPSA) is 30.5 Å². The second kappa shape index (κ2) is 7.39. The molecule has 1 aliphatic carbocycles. The van der Waals surface area contributed by atoms with Crippen LogP contribution in [0.5, 0.6) is 11.5 Å². The largest absolute Gasteiger partial charge is 0.493 e. The second-order valence-corrected chi connectivity index (χ2v) is 5.18. The number of methoxy groups -OCH3 is 1. The van der Waals surface area contributed by atoms with Gasteiger partial charge in [0.2, 0.25) is 0 Å². The maximum atomic E-state index is 5.51. The molecule has 0 atom stereocenters. The Morgan fingerprint density at radius 2 is 2.11 bits per heavy atom. The van der Waals surface area contributed by atoms with Crippen molar-refractivity contribution in [3.63, 3.8) is 0 Å². The molecule has 0 bridgehead atoms. The quantitative estimate of drug-likeness (QED) is 0.693. The summed E-state index contributed by atoms with van der Waals surface area (Å²) in [5.74, 6) is 2.67. The summed E-state index contributed by atoms with van der Waals surface area (Å²) in [7, 11) is 1.69. The van der Waals surface area contributed by atoms with Crippen molar-refractivity contribution in [3.05, 3.63) is 23.8 Å². The first-order chi connectivity index (χ1) is 9.33. The van der Waals surface area contributed by atoms with Crippen molar-refractivity contribution >= 4 is 0 Å². The van der Waals surface area contributed by atoms with Crippen LogP contribution in [0.25, 0.3) is 0 Å². The molecule has 0 saturated heterocycles. The summed E-state index contributed by atoms with van der Waals surface area (Å²) in [5, 5.41) is 3.49. The van der Waals surface area contributed by atoms with Gasteiger partial charge in [0, 0.05) is 6.54 Å². The molecule has 1 N–H and O–H groups in total. The molecule has 3 nitrogen and oxygen atoms in total. The molecule has 0 amide bonds. The van der Waals surface area contributed by atoms with Crippen LogP contribution in [0.15, 0.2) is 18.2 Å². The zero-order chi connectivity index (χ0) is 13.5. The summed E-state index contributed by atoms with van der Waals surface area (Å²) in [5.41, 5.74) is 1.24. The molecule has 1 aromatic rings. The predicted octanol–water partition coefficient (Wildman–Crippen LogP) is 3.37. The number of rotatable bonds is 9. The molecule has 1 saturated carbocycles. The van der Waals surface area contributed by atoms with E-state index in [0.29, 0.717) is 6.61 Å². The molecule has 2 rings (SSSR count). The van der Waals surface area contributed by atoms with E-state index in [9.17, 15) is 0 Å². The first-order valence-corrected chi connectivity index (χ1v) is 7.34. The van der Waals surface area contributed by atoms with Crippen molar-refractivity contribution in [2.75, 3.05) is 20.3 Å². The van der Waals surface area contributed by atoms with Gasteiger partial charge in [0.15, 0.2) is 11.5 Å². The summed E-state index contributed by atoms with van der Waals surface area (Å²) in [6.45, 7) is 4.64. The van der Waals surface area contributed by atoms with E-state index in [4.69, 9.17) is 9.47 Å². The lowest BCUT2D eigenvalue weighted by Gasteiger charge is -2.11. The van der Waals surface area contributed by atoms with E-state index in [-0.39, 0.29) is 0 Å². The van der Waals surface area contributed by atoms with Gasteiger partial charge in [-0.2, -0.15) is 0 Å². The van der Waals surface area contributed by atoms with Gasteiger partial charge in [-0.25, -0.2) is 0 Å². The Morgan fingerprint density at radius 3 is 2.79 bits per heavy atom. The van der Waals surface area contributed by atoms with Crippen molar-refractivity contribution in [3.8, 4) is 11.5 Å². The fraction of sp³-hybridized carbons (Fsp3) is 0.625. The van der Waals surface area contributed by atoms with Crippen LogP contribution >= 0.6 is 0 Å². The van der Waals surface area contributed by atoms with Gasteiger partial charge in [-0.1, -0.05) is 18.9 Å². The van der Waals surface area contributed by atoms with Crippen molar-refractivity contribution < 1.29 is 9.47 Å². The highest BCUT2D eigenvalue weighted by molar-refractivity contribution is 5.42. The first kappa shape index (κ1) is 14.2. The van der Waals surface area contributed by atoms with E-state index < -0.39 is 0 Å². The molecule has 3 heteroatoms. The Hall–Kier alpha value is -1.22. The maximum absolute atomic E-state index is 5.51. The normalized spacial score (nSPS) is 14.4. The lowest BCUT2D eigenvalue weighted by molar-refractivity contribution is 0.310. The molecule has 0 radical (unpaired) electrons. The molecule has 1 aliphatic rings. The van der Waals surface area contributed by atoms with Crippen LogP contribution < -0.4 is 14.8 Å². The molecule has 0 aromatic heterocycles. The Balaban J connectivity index is 1.75. The summed E-state index contributed by atoms with van der Waals surface area (Å²) in [6, 6.07) is 6.14. The molecular weight excluding hydrogens is 238 g/mol. The molecule has 1 fully saturated rings. The molecule has 0 aliphatic heterocycles. The average molecular weight is 263 g/mol. The zero-order valence-electron chi connectivity index (χ0n) is 12.1. The highest BCUT2D eigenvalue weighted by Crippen LogP contribution is 2.33. The highest BCUT2D eigenvalue weighted by Gasteiger charge is 2.19. The van der Waals surface area contributed by atoms with Crippen LogP contribution in [0.1, 0.15) is 38.2 Å². The zero-order valence-corrected chi connectivity index (χ0v) is 12.1. The van der Waals surface area contributed by atoms with Gasteiger partial charge >= 0.3 is 0 Å². The van der Waals surface area contributed by atoms with Crippen LogP contribution in [0.3, 0.4) is 0 Å². The van der Waals surface area contributed by atoms with Gasteiger partial charge in [0.05, 0.1) is 13.7 Å². The Bertz CT molecular complexity index is 388. The standard InChI is InChI=1S/C16H25NO2/c1-3-19-15-9-8-14(11-16(15)18-2)12-17-10-4-5-13-6-7-13/h8-9,11,13,17H,3-7,10,12H2,1-2H3. The molecule has 1 aromatic carbocycles. The second-order valence-electron chi connectivity index (χ2n) is 5.18. The summed E-state index contributed by atoms with van der Waals surface area (Å²) >= 11 is 0. The van der Waals surface area contributed by atoms with Gasteiger partial charge in [-0.05, 0) is 49.9 Å². The third kappa shape index (κ3) is 4.75. The Morgan fingerprint density at radius 1 is 1.26 bits per heavy atom. The van der Waals surface area contributed by atoms with E-state index in [0.717, 1.165) is 30.5 Å². The number of hydrogen-bond donors (Lipinski definition) is 1. The number of ether oxygens (including phenoxy) is 2. The SMILES string of the molecule is CCOc1ccc(CNCCCC2CC2)cc1OC. The van der Waals surface area contributed by atoms with Crippen LogP contribution in [0, 0.1) is 5.92 Å². The summed E-state index contributed by atoms with van der Waals surface area (Å²) < 4.78 is 10.9. The van der Waals surface area contributed by atoms with Gasteiger partial charge in [0.1, 0.15) is 0 Å². The van der Waals surface area contributed by atoms with E-state index >= 15 is 0 Å². The highest BCUT2D eigenvalue weighted by atomic mass is 16.5. The molecule has 0 spiro atoms. The third-order valence-electron chi connectivity index (χ3n) is 3.52. The summed E-state index contributed by atoms with van der Waals surface area (Å²) in [6.07, 6.45) is 5.59. The van der Waals surface area contributed by atoms with Gasteiger partial charge in [0.25, 0.3) is 0 Å². The van der Waals surface area contributed by atoms with E-state index in [2.05, 4.69) is 17.4 Å². The minimum absolute atomic E-state index is 0.662. The predicted molar refractivity (Wildman–Crippen MR) is 77.8 cm³/mol. The van der Waals surface area contributed by atoms with Gasteiger partial charge < -0.3 is 14.8 Å². The lowest BCUT2D eigenvalue weighted by atomic mass is 10.2. The molecule has 0 heterocycles. The third-order valence-corrected chi connectivity index (χ3v) is 3.52.